The summed E-state index contributed by atoms with van der Waals surface area (Å²) in [6, 6.07) is 17.8. The molecule has 2 aromatic rings. The maximum Gasteiger partial charge on any atom is 0.224 e. The van der Waals surface area contributed by atoms with Gasteiger partial charge in [-0.1, -0.05) is 42.5 Å². The molecule has 1 unspecified atom stereocenters. The molecule has 23 heavy (non-hydrogen) atoms. The Morgan fingerprint density at radius 3 is 2.39 bits per heavy atom. The van der Waals surface area contributed by atoms with Gasteiger partial charge in [-0.3, -0.25) is 4.79 Å². The fraction of sp³-hybridized carbons (Fsp3) is 0.316. The van der Waals surface area contributed by atoms with Crippen molar-refractivity contribution in [2.75, 3.05) is 19.3 Å². The Morgan fingerprint density at radius 2 is 1.74 bits per heavy atom. The Balaban J connectivity index is 1.76. The predicted octanol–water partition coefficient (Wildman–Crippen LogP) is 2.45. The third kappa shape index (κ3) is 6.12. The van der Waals surface area contributed by atoms with Gasteiger partial charge in [0.1, 0.15) is 0 Å². The van der Waals surface area contributed by atoms with Crippen molar-refractivity contribution in [3.63, 3.8) is 0 Å². The van der Waals surface area contributed by atoms with Crippen molar-refractivity contribution in [1.82, 2.24) is 10.2 Å². The summed E-state index contributed by atoms with van der Waals surface area (Å²) in [5.41, 5.74) is 8.61. The number of rotatable bonds is 7. The van der Waals surface area contributed by atoms with E-state index < -0.39 is 0 Å². The van der Waals surface area contributed by atoms with Crippen LogP contribution < -0.4 is 11.1 Å². The van der Waals surface area contributed by atoms with Crippen LogP contribution in [0.5, 0.6) is 0 Å². The lowest BCUT2D eigenvalue weighted by Gasteiger charge is -2.22. The lowest BCUT2D eigenvalue weighted by molar-refractivity contribution is -0.121. The number of carbonyl (C=O) groups excluding carboxylic acids is 1. The molecule has 0 spiro atoms. The van der Waals surface area contributed by atoms with Gasteiger partial charge in [-0.25, -0.2) is 0 Å². The molecule has 2 rings (SSSR count). The first kappa shape index (κ1) is 17.0. The Bertz CT molecular complexity index is 610. The molecule has 4 heteroatoms. The highest BCUT2D eigenvalue weighted by molar-refractivity contribution is 5.78. The minimum Gasteiger partial charge on any atom is -0.399 e. The van der Waals surface area contributed by atoms with Crippen LogP contribution >= 0.6 is 0 Å². The summed E-state index contributed by atoms with van der Waals surface area (Å²) in [5, 5.41) is 3.05. The summed E-state index contributed by atoms with van der Waals surface area (Å²) in [6.07, 6.45) is 0.382. The fourth-order valence-corrected chi connectivity index (χ4v) is 2.62. The summed E-state index contributed by atoms with van der Waals surface area (Å²) in [6.45, 7) is 3.71. The molecule has 0 heterocycles. The van der Waals surface area contributed by atoms with E-state index in [1.54, 1.807) is 0 Å². The predicted molar refractivity (Wildman–Crippen MR) is 94.9 cm³/mol. The minimum atomic E-state index is 0.0374. The van der Waals surface area contributed by atoms with Gasteiger partial charge in [0.2, 0.25) is 5.91 Å². The fourth-order valence-electron chi connectivity index (χ4n) is 2.62. The number of anilines is 1. The second kappa shape index (κ2) is 8.34. The summed E-state index contributed by atoms with van der Waals surface area (Å²) < 4.78 is 0. The van der Waals surface area contributed by atoms with Gasteiger partial charge >= 0.3 is 0 Å². The van der Waals surface area contributed by atoms with Crippen molar-refractivity contribution in [3.8, 4) is 0 Å². The van der Waals surface area contributed by atoms with Crippen molar-refractivity contribution in [1.29, 1.82) is 0 Å². The molecule has 122 valence electrons. The number of likely N-dealkylation sites (N-methyl/N-ethyl adjacent to an activating group) is 1. The molecular formula is C19H25N3O. The molecule has 0 saturated heterocycles. The highest BCUT2D eigenvalue weighted by atomic mass is 16.1. The lowest BCUT2D eigenvalue weighted by Crippen LogP contribution is -2.41. The molecule has 0 aliphatic heterocycles. The van der Waals surface area contributed by atoms with E-state index in [-0.39, 0.29) is 11.9 Å². The molecule has 0 fully saturated rings. The van der Waals surface area contributed by atoms with E-state index in [9.17, 15) is 4.79 Å². The van der Waals surface area contributed by atoms with Crippen LogP contribution in [-0.2, 0) is 17.8 Å². The van der Waals surface area contributed by atoms with Crippen molar-refractivity contribution in [3.05, 3.63) is 65.7 Å². The zero-order valence-corrected chi connectivity index (χ0v) is 13.8. The summed E-state index contributed by atoms with van der Waals surface area (Å²) in [5.74, 6) is 0.0374. The molecule has 4 nitrogen and oxygen atoms in total. The number of amides is 1. The molecule has 0 aliphatic rings. The third-order valence-electron chi connectivity index (χ3n) is 3.63. The molecule has 0 bridgehead atoms. The second-order valence-corrected chi connectivity index (χ2v) is 6.07. The molecule has 3 N–H and O–H groups in total. The number of hydrogen-bond donors (Lipinski definition) is 2. The zero-order valence-electron chi connectivity index (χ0n) is 13.8. The third-order valence-corrected chi connectivity index (χ3v) is 3.63. The largest absolute Gasteiger partial charge is 0.399 e. The van der Waals surface area contributed by atoms with Gasteiger partial charge in [0.05, 0.1) is 6.42 Å². The Kier molecular flexibility index (Phi) is 6.18. The van der Waals surface area contributed by atoms with E-state index in [0.29, 0.717) is 12.1 Å². The van der Waals surface area contributed by atoms with Gasteiger partial charge in [-0.2, -0.15) is 0 Å². The van der Waals surface area contributed by atoms with Crippen LogP contribution in [0.15, 0.2) is 54.6 Å². The molecule has 0 saturated carbocycles. The Morgan fingerprint density at radius 1 is 1.09 bits per heavy atom. The van der Waals surface area contributed by atoms with Crippen LogP contribution in [0, 0.1) is 0 Å². The number of carbonyl (C=O) groups is 1. The number of hydrogen-bond acceptors (Lipinski definition) is 3. The van der Waals surface area contributed by atoms with Gasteiger partial charge in [0.15, 0.2) is 0 Å². The van der Waals surface area contributed by atoms with E-state index in [0.717, 1.165) is 18.7 Å². The molecule has 0 aromatic heterocycles. The van der Waals surface area contributed by atoms with Crippen LogP contribution in [0.1, 0.15) is 18.1 Å². The molecule has 1 amide bonds. The van der Waals surface area contributed by atoms with Gasteiger partial charge in [-0.05, 0) is 37.2 Å². The number of nitrogen functional groups attached to an aromatic ring is 1. The highest BCUT2D eigenvalue weighted by Crippen LogP contribution is 2.06. The van der Waals surface area contributed by atoms with Crippen molar-refractivity contribution in [2.45, 2.75) is 25.9 Å². The van der Waals surface area contributed by atoms with Crippen LogP contribution in [0.2, 0.25) is 0 Å². The topological polar surface area (TPSA) is 58.4 Å². The quantitative estimate of drug-likeness (QED) is 0.772. The van der Waals surface area contributed by atoms with E-state index in [1.165, 1.54) is 5.56 Å². The van der Waals surface area contributed by atoms with Crippen LogP contribution in [0.4, 0.5) is 5.69 Å². The maximum absolute atomic E-state index is 12.1. The molecule has 0 radical (unpaired) electrons. The van der Waals surface area contributed by atoms with Gasteiger partial charge in [-0.15, -0.1) is 0 Å². The van der Waals surface area contributed by atoms with Gasteiger partial charge in [0, 0.05) is 24.8 Å². The first-order chi connectivity index (χ1) is 11.0. The van der Waals surface area contributed by atoms with Crippen LogP contribution in [0.25, 0.3) is 0 Å². The molecule has 2 aromatic carbocycles. The van der Waals surface area contributed by atoms with E-state index >= 15 is 0 Å². The van der Waals surface area contributed by atoms with E-state index in [1.807, 2.05) is 49.4 Å². The first-order valence-electron chi connectivity index (χ1n) is 7.89. The zero-order chi connectivity index (χ0) is 16.7. The van der Waals surface area contributed by atoms with Crippen molar-refractivity contribution < 1.29 is 4.79 Å². The molecule has 0 aliphatic carbocycles. The molecule has 1 atom stereocenters. The molecular weight excluding hydrogens is 286 g/mol. The minimum absolute atomic E-state index is 0.0374. The van der Waals surface area contributed by atoms with E-state index in [4.69, 9.17) is 5.73 Å². The summed E-state index contributed by atoms with van der Waals surface area (Å²) in [7, 11) is 2.07. The van der Waals surface area contributed by atoms with Crippen LogP contribution in [-0.4, -0.2) is 30.4 Å². The number of nitrogens with one attached hydrogen (secondary N) is 1. The van der Waals surface area contributed by atoms with Crippen molar-refractivity contribution in [2.24, 2.45) is 0 Å². The monoisotopic (exact) mass is 311 g/mol. The van der Waals surface area contributed by atoms with Gasteiger partial charge < -0.3 is 16.0 Å². The highest BCUT2D eigenvalue weighted by Gasteiger charge is 2.11. The van der Waals surface area contributed by atoms with E-state index in [2.05, 4.69) is 29.4 Å². The van der Waals surface area contributed by atoms with Gasteiger partial charge in [0.25, 0.3) is 0 Å². The number of benzene rings is 2. The number of nitrogens with zero attached hydrogens (tertiary/aromatic N) is 1. The Hall–Kier alpha value is -2.33. The second-order valence-electron chi connectivity index (χ2n) is 6.07. The normalized spacial score (nSPS) is 12.1. The average Bonchev–Trinajstić information content (AvgIpc) is 2.50. The Labute approximate surface area is 138 Å². The van der Waals surface area contributed by atoms with Crippen molar-refractivity contribution >= 4 is 11.6 Å². The van der Waals surface area contributed by atoms with Crippen LogP contribution in [0.3, 0.4) is 0 Å². The maximum atomic E-state index is 12.1. The number of nitrogens with two attached hydrogens (primary N) is 1. The summed E-state index contributed by atoms with van der Waals surface area (Å²) >= 11 is 0. The standard InChI is InChI=1S/C19H25N3O/c1-15(13-22(2)14-17-6-4-3-5-7-17)21-19(23)12-16-8-10-18(20)11-9-16/h3-11,15H,12-14,20H2,1-2H3,(H,21,23). The lowest BCUT2D eigenvalue weighted by atomic mass is 10.1. The average molecular weight is 311 g/mol. The summed E-state index contributed by atoms with van der Waals surface area (Å²) in [4.78, 5) is 14.3. The SMILES string of the molecule is CC(CN(C)Cc1ccccc1)NC(=O)Cc1ccc(N)cc1. The smallest absolute Gasteiger partial charge is 0.224 e. The first-order valence-corrected chi connectivity index (χ1v) is 7.89.